The minimum absolute atomic E-state index is 0.0782. The molecule has 2 aromatic rings. The highest BCUT2D eigenvalue weighted by Crippen LogP contribution is 2.33. The van der Waals surface area contributed by atoms with Crippen LogP contribution in [0, 0.1) is 10.1 Å². The monoisotopic (exact) mass is 355 g/mol. The van der Waals surface area contributed by atoms with Crippen LogP contribution in [0.25, 0.3) is 0 Å². The Bertz CT molecular complexity index is 818. The molecule has 0 aliphatic heterocycles. The predicted molar refractivity (Wildman–Crippen MR) is 98.9 cm³/mol. The van der Waals surface area contributed by atoms with Crippen molar-refractivity contribution in [3.05, 3.63) is 46.3 Å². The zero-order chi connectivity index (χ0) is 18.5. The van der Waals surface area contributed by atoms with Crippen molar-refractivity contribution in [1.29, 1.82) is 0 Å². The highest BCUT2D eigenvalue weighted by molar-refractivity contribution is 5.95. The first-order valence-corrected chi connectivity index (χ1v) is 8.68. The fourth-order valence-electron chi connectivity index (χ4n) is 3.14. The summed E-state index contributed by atoms with van der Waals surface area (Å²) in [5, 5.41) is 17.8. The summed E-state index contributed by atoms with van der Waals surface area (Å²) < 4.78 is 0. The van der Waals surface area contributed by atoms with E-state index in [0.29, 0.717) is 11.3 Å². The molecule has 1 saturated carbocycles. The zero-order valence-electron chi connectivity index (χ0n) is 14.6. The van der Waals surface area contributed by atoms with Crippen LogP contribution in [0.5, 0.6) is 0 Å². The number of rotatable bonds is 6. The smallest absolute Gasteiger partial charge is 0.353 e. The lowest BCUT2D eigenvalue weighted by Gasteiger charge is -2.23. The quantitative estimate of drug-likeness (QED) is 0.456. The Kier molecular flexibility index (Phi) is 5.40. The van der Waals surface area contributed by atoms with Gasteiger partial charge in [-0.15, -0.1) is 0 Å². The van der Waals surface area contributed by atoms with Crippen molar-refractivity contribution < 1.29 is 9.72 Å². The Morgan fingerprint density at radius 1 is 1.19 bits per heavy atom. The number of nitro groups is 1. The van der Waals surface area contributed by atoms with Gasteiger partial charge in [0.15, 0.2) is 5.78 Å². The van der Waals surface area contributed by atoms with Crippen LogP contribution in [0.4, 0.5) is 23.0 Å². The summed E-state index contributed by atoms with van der Waals surface area (Å²) in [6, 6.07) is 6.96. The second-order valence-electron chi connectivity index (χ2n) is 6.42. The van der Waals surface area contributed by atoms with Gasteiger partial charge in [-0.25, -0.2) is 9.97 Å². The van der Waals surface area contributed by atoms with Crippen LogP contribution >= 0.6 is 0 Å². The molecule has 1 aliphatic rings. The molecule has 1 aromatic carbocycles. The number of carbonyl (C=O) groups is 1. The number of ketones is 1. The minimum atomic E-state index is -0.484. The molecule has 0 spiro atoms. The molecule has 0 radical (unpaired) electrons. The summed E-state index contributed by atoms with van der Waals surface area (Å²) in [5.74, 6) is 0.247. The fourth-order valence-corrected chi connectivity index (χ4v) is 3.14. The van der Waals surface area contributed by atoms with Gasteiger partial charge in [0.2, 0.25) is 11.6 Å². The van der Waals surface area contributed by atoms with E-state index in [0.717, 1.165) is 25.7 Å². The molecule has 1 fully saturated rings. The normalized spacial score (nSPS) is 14.7. The first-order valence-electron chi connectivity index (χ1n) is 8.68. The van der Waals surface area contributed by atoms with Crippen LogP contribution in [-0.4, -0.2) is 26.7 Å². The lowest BCUT2D eigenvalue weighted by molar-refractivity contribution is -0.383. The first-order chi connectivity index (χ1) is 12.5. The van der Waals surface area contributed by atoms with E-state index in [1.807, 2.05) is 0 Å². The molecule has 136 valence electrons. The van der Waals surface area contributed by atoms with Gasteiger partial charge in [0, 0.05) is 17.3 Å². The topological polar surface area (TPSA) is 110 Å². The molecular formula is C18H21N5O3. The summed E-state index contributed by atoms with van der Waals surface area (Å²) in [4.78, 5) is 30.8. The molecule has 3 rings (SSSR count). The summed E-state index contributed by atoms with van der Waals surface area (Å²) in [7, 11) is 0. The molecule has 0 saturated heterocycles. The van der Waals surface area contributed by atoms with E-state index in [4.69, 9.17) is 0 Å². The first kappa shape index (κ1) is 17.8. The van der Waals surface area contributed by atoms with E-state index in [-0.39, 0.29) is 29.1 Å². The molecule has 8 nitrogen and oxygen atoms in total. The molecule has 2 N–H and O–H groups in total. The summed E-state index contributed by atoms with van der Waals surface area (Å²) in [5.41, 5.74) is 0.890. The number of nitrogens with one attached hydrogen (secondary N) is 2. The van der Waals surface area contributed by atoms with Gasteiger partial charge in [0.05, 0.1) is 4.92 Å². The van der Waals surface area contributed by atoms with Gasteiger partial charge in [-0.2, -0.15) is 0 Å². The molecule has 1 aliphatic carbocycles. The van der Waals surface area contributed by atoms with E-state index in [9.17, 15) is 14.9 Å². The number of hydrogen-bond donors (Lipinski definition) is 2. The maximum absolute atomic E-state index is 11.6. The van der Waals surface area contributed by atoms with Crippen molar-refractivity contribution in [3.63, 3.8) is 0 Å². The highest BCUT2D eigenvalue weighted by Gasteiger charge is 2.25. The largest absolute Gasteiger partial charge is 0.361 e. The van der Waals surface area contributed by atoms with Crippen LogP contribution in [-0.2, 0) is 0 Å². The van der Waals surface area contributed by atoms with Gasteiger partial charge < -0.3 is 10.6 Å². The van der Waals surface area contributed by atoms with E-state index in [2.05, 4.69) is 20.6 Å². The van der Waals surface area contributed by atoms with Gasteiger partial charge in [0.1, 0.15) is 6.33 Å². The Hall–Kier alpha value is -3.03. The van der Waals surface area contributed by atoms with Crippen molar-refractivity contribution in [1.82, 2.24) is 9.97 Å². The van der Waals surface area contributed by atoms with Crippen LogP contribution in [0.15, 0.2) is 30.6 Å². The number of benzene rings is 1. The van der Waals surface area contributed by atoms with Crippen molar-refractivity contribution in [2.75, 3.05) is 10.6 Å². The van der Waals surface area contributed by atoms with Crippen molar-refractivity contribution >= 4 is 28.8 Å². The minimum Gasteiger partial charge on any atom is -0.361 e. The molecule has 0 atom stereocenters. The summed E-state index contributed by atoms with van der Waals surface area (Å²) in [6.45, 7) is 1.47. The van der Waals surface area contributed by atoms with Crippen molar-refractivity contribution in [2.45, 2.75) is 45.1 Å². The van der Waals surface area contributed by atoms with Gasteiger partial charge >= 0.3 is 5.69 Å². The highest BCUT2D eigenvalue weighted by atomic mass is 16.6. The van der Waals surface area contributed by atoms with Gasteiger partial charge in [-0.05, 0) is 31.9 Å². The summed E-state index contributed by atoms with van der Waals surface area (Å²) >= 11 is 0. The zero-order valence-corrected chi connectivity index (χ0v) is 14.6. The van der Waals surface area contributed by atoms with E-state index in [1.165, 1.54) is 19.7 Å². The Labute approximate surface area is 151 Å². The van der Waals surface area contributed by atoms with E-state index in [1.54, 1.807) is 24.3 Å². The van der Waals surface area contributed by atoms with Gasteiger partial charge in [0.25, 0.3) is 0 Å². The number of carbonyl (C=O) groups excluding carboxylic acids is 1. The number of anilines is 3. The number of hydrogen-bond acceptors (Lipinski definition) is 7. The molecular weight excluding hydrogens is 334 g/mol. The molecule has 26 heavy (non-hydrogen) atoms. The van der Waals surface area contributed by atoms with Crippen molar-refractivity contribution in [2.24, 2.45) is 0 Å². The van der Waals surface area contributed by atoms with E-state index < -0.39 is 4.92 Å². The van der Waals surface area contributed by atoms with Gasteiger partial charge in [-0.3, -0.25) is 14.9 Å². The van der Waals surface area contributed by atoms with E-state index >= 15 is 0 Å². The lowest BCUT2D eigenvalue weighted by Crippen LogP contribution is -2.23. The molecule has 1 heterocycles. The lowest BCUT2D eigenvalue weighted by atomic mass is 9.95. The van der Waals surface area contributed by atoms with Crippen LogP contribution in [0.1, 0.15) is 49.4 Å². The number of aromatic nitrogens is 2. The maximum Gasteiger partial charge on any atom is 0.353 e. The second-order valence-corrected chi connectivity index (χ2v) is 6.42. The fraction of sp³-hybridized carbons (Fsp3) is 0.389. The van der Waals surface area contributed by atoms with Crippen LogP contribution in [0.2, 0.25) is 0 Å². The number of nitrogens with zero attached hydrogens (tertiary/aromatic N) is 3. The standard InChI is InChI=1S/C18H21N5O3/c1-12(24)13-6-5-9-15(10-13)22-18-16(23(25)26)17(19-11-20-18)21-14-7-3-2-4-8-14/h5-6,9-11,14H,2-4,7-8H2,1H3,(H2,19,20,21,22). The molecule has 0 unspecified atom stereocenters. The van der Waals surface area contributed by atoms with Gasteiger partial charge in [-0.1, -0.05) is 31.4 Å². The average Bonchev–Trinajstić information content (AvgIpc) is 2.62. The third-order valence-corrected chi connectivity index (χ3v) is 4.48. The predicted octanol–water partition coefficient (Wildman–Crippen LogP) is 4.08. The van der Waals surface area contributed by atoms with Crippen molar-refractivity contribution in [3.8, 4) is 0 Å². The SMILES string of the molecule is CC(=O)c1cccc(Nc2ncnc(NC3CCCCC3)c2[N+](=O)[O-])c1. The van der Waals surface area contributed by atoms with Crippen LogP contribution < -0.4 is 10.6 Å². The maximum atomic E-state index is 11.6. The molecule has 0 amide bonds. The molecule has 8 heteroatoms. The number of Topliss-reactive ketones (excluding diaryl/α,β-unsaturated/α-hetero) is 1. The molecule has 1 aromatic heterocycles. The Morgan fingerprint density at radius 3 is 2.62 bits per heavy atom. The average molecular weight is 355 g/mol. The Morgan fingerprint density at radius 2 is 1.92 bits per heavy atom. The third-order valence-electron chi connectivity index (χ3n) is 4.48. The third kappa shape index (κ3) is 4.14. The Balaban J connectivity index is 1.89. The summed E-state index contributed by atoms with van der Waals surface area (Å²) in [6.07, 6.45) is 6.67. The van der Waals surface area contributed by atoms with Crippen LogP contribution in [0.3, 0.4) is 0 Å². The molecule has 0 bridgehead atoms. The second kappa shape index (κ2) is 7.90.